The van der Waals surface area contributed by atoms with Crippen molar-refractivity contribution < 1.29 is 26.7 Å². The Balaban J connectivity index is 3.33. The van der Waals surface area contributed by atoms with Crippen LogP contribution in [-0.2, 0) is 6.18 Å². The quantitative estimate of drug-likeness (QED) is 0.668. The molecule has 1 aromatic carbocycles. The van der Waals surface area contributed by atoms with Gasteiger partial charge in [0.05, 0.1) is 5.69 Å². The van der Waals surface area contributed by atoms with Crippen LogP contribution in [0.25, 0.3) is 0 Å². The van der Waals surface area contributed by atoms with Crippen molar-refractivity contribution in [1.29, 1.82) is 0 Å². The van der Waals surface area contributed by atoms with Gasteiger partial charge in [0.1, 0.15) is 11.3 Å². The highest BCUT2D eigenvalue weighted by atomic mass is 79.9. The highest BCUT2D eigenvalue weighted by Gasteiger charge is 2.38. The first kappa shape index (κ1) is 13.0. The van der Waals surface area contributed by atoms with Crippen LogP contribution in [0.3, 0.4) is 0 Å². The number of benzene rings is 1. The van der Waals surface area contributed by atoms with Crippen LogP contribution in [0, 0.1) is 0 Å². The number of rotatable bonds is 2. The average Bonchev–Trinajstić information content (AvgIpc) is 2.08. The van der Waals surface area contributed by atoms with E-state index in [2.05, 4.69) is 20.7 Å². The number of anilines is 1. The van der Waals surface area contributed by atoms with E-state index in [1.54, 1.807) is 0 Å². The first-order valence-corrected chi connectivity index (χ1v) is 4.62. The highest BCUT2D eigenvalue weighted by Crippen LogP contribution is 2.43. The lowest BCUT2D eigenvalue weighted by Crippen LogP contribution is -2.14. The normalized spacial score (nSPS) is 11.9. The third-order valence-corrected chi connectivity index (χ3v) is 2.35. The Morgan fingerprint density at radius 2 is 1.81 bits per heavy atom. The van der Waals surface area contributed by atoms with E-state index >= 15 is 0 Å². The average molecular weight is 306 g/mol. The molecule has 2 N–H and O–H groups in total. The maximum absolute atomic E-state index is 12.5. The molecule has 0 aromatic heterocycles. The lowest BCUT2D eigenvalue weighted by Gasteiger charge is -2.16. The molecule has 0 atom stereocenters. The van der Waals surface area contributed by atoms with Crippen molar-refractivity contribution in [2.24, 2.45) is 0 Å². The second-order valence-electron chi connectivity index (χ2n) is 2.71. The molecule has 0 saturated heterocycles. The fourth-order valence-electron chi connectivity index (χ4n) is 1.06. The summed E-state index contributed by atoms with van der Waals surface area (Å²) in [5.74, 6) is -0.997. The standard InChI is InChI=1S/C8H5BrF5NO/c9-3-1-2-4(16-7(10)11)5(6(3)15)8(12,13)14/h1-2,7H,15H2. The van der Waals surface area contributed by atoms with Crippen LogP contribution in [0.5, 0.6) is 5.75 Å². The molecule has 0 aliphatic carbocycles. The Morgan fingerprint density at radius 3 is 2.25 bits per heavy atom. The highest BCUT2D eigenvalue weighted by molar-refractivity contribution is 9.10. The van der Waals surface area contributed by atoms with Gasteiger partial charge in [-0.25, -0.2) is 0 Å². The summed E-state index contributed by atoms with van der Waals surface area (Å²) in [7, 11) is 0. The monoisotopic (exact) mass is 305 g/mol. The predicted octanol–water partition coefficient (Wildman–Crippen LogP) is 3.65. The molecule has 0 unspecified atom stereocenters. The number of alkyl halides is 5. The van der Waals surface area contributed by atoms with Gasteiger partial charge in [-0.3, -0.25) is 0 Å². The number of halogens is 6. The Labute approximate surface area is 95.3 Å². The molecule has 16 heavy (non-hydrogen) atoms. The van der Waals surface area contributed by atoms with Gasteiger partial charge in [0, 0.05) is 4.47 Å². The summed E-state index contributed by atoms with van der Waals surface area (Å²) in [5, 5.41) is 0. The van der Waals surface area contributed by atoms with E-state index in [0.717, 1.165) is 12.1 Å². The van der Waals surface area contributed by atoms with Crippen LogP contribution in [0.4, 0.5) is 27.6 Å². The summed E-state index contributed by atoms with van der Waals surface area (Å²) in [6, 6.07) is 1.87. The van der Waals surface area contributed by atoms with E-state index in [1.165, 1.54) is 0 Å². The first-order chi connectivity index (χ1) is 7.23. The van der Waals surface area contributed by atoms with Crippen LogP contribution in [-0.4, -0.2) is 6.61 Å². The van der Waals surface area contributed by atoms with E-state index < -0.39 is 29.8 Å². The number of nitrogen functional groups attached to an aromatic ring is 1. The van der Waals surface area contributed by atoms with E-state index in [0.29, 0.717) is 0 Å². The van der Waals surface area contributed by atoms with Crippen molar-refractivity contribution in [3.8, 4) is 5.75 Å². The third kappa shape index (κ3) is 2.75. The summed E-state index contributed by atoms with van der Waals surface area (Å²) in [4.78, 5) is 0. The van der Waals surface area contributed by atoms with Gasteiger partial charge < -0.3 is 10.5 Å². The summed E-state index contributed by atoms with van der Waals surface area (Å²) in [6.45, 7) is -3.35. The molecular formula is C8H5BrF5NO. The molecule has 0 saturated carbocycles. The van der Waals surface area contributed by atoms with Crippen LogP contribution < -0.4 is 10.5 Å². The third-order valence-electron chi connectivity index (χ3n) is 1.65. The van der Waals surface area contributed by atoms with Crippen molar-refractivity contribution in [2.75, 3.05) is 5.73 Å². The fraction of sp³-hybridized carbons (Fsp3) is 0.250. The largest absolute Gasteiger partial charge is 0.434 e. The van der Waals surface area contributed by atoms with Crippen molar-refractivity contribution in [1.82, 2.24) is 0 Å². The smallest absolute Gasteiger partial charge is 0.422 e. The molecule has 0 fully saturated rings. The first-order valence-electron chi connectivity index (χ1n) is 3.83. The van der Waals surface area contributed by atoms with Crippen LogP contribution >= 0.6 is 15.9 Å². The van der Waals surface area contributed by atoms with Crippen molar-refractivity contribution in [3.05, 3.63) is 22.2 Å². The summed E-state index contributed by atoms with van der Waals surface area (Å²) < 4.78 is 65.0. The molecule has 90 valence electrons. The second-order valence-corrected chi connectivity index (χ2v) is 3.56. The molecule has 2 nitrogen and oxygen atoms in total. The van der Waals surface area contributed by atoms with Gasteiger partial charge in [0.2, 0.25) is 0 Å². The molecule has 1 rings (SSSR count). The van der Waals surface area contributed by atoms with Crippen LogP contribution in [0.15, 0.2) is 16.6 Å². The summed E-state index contributed by atoms with van der Waals surface area (Å²) in [6.07, 6.45) is -4.86. The van der Waals surface area contributed by atoms with Gasteiger partial charge in [-0.05, 0) is 28.1 Å². The molecule has 0 radical (unpaired) electrons. The van der Waals surface area contributed by atoms with Gasteiger partial charge in [-0.2, -0.15) is 22.0 Å². The van der Waals surface area contributed by atoms with Gasteiger partial charge >= 0.3 is 12.8 Å². The van der Waals surface area contributed by atoms with E-state index in [4.69, 9.17) is 5.73 Å². The Hall–Kier alpha value is -1.05. The van der Waals surface area contributed by atoms with Crippen molar-refractivity contribution in [2.45, 2.75) is 12.8 Å². The van der Waals surface area contributed by atoms with E-state index in [1.807, 2.05) is 0 Å². The molecule has 0 spiro atoms. The topological polar surface area (TPSA) is 35.2 Å². The van der Waals surface area contributed by atoms with Crippen LogP contribution in [0.2, 0.25) is 0 Å². The molecule has 8 heteroatoms. The zero-order chi connectivity index (χ0) is 12.5. The predicted molar refractivity (Wildman–Crippen MR) is 50.2 cm³/mol. The number of hydrogen-bond donors (Lipinski definition) is 1. The minimum atomic E-state index is -4.86. The minimum Gasteiger partial charge on any atom is -0.434 e. The maximum Gasteiger partial charge on any atom is 0.422 e. The van der Waals surface area contributed by atoms with Gasteiger partial charge in [0.25, 0.3) is 0 Å². The van der Waals surface area contributed by atoms with Gasteiger partial charge in [0.15, 0.2) is 0 Å². The molecule has 0 amide bonds. The number of nitrogens with two attached hydrogens (primary N) is 1. The van der Waals surface area contributed by atoms with Crippen molar-refractivity contribution >= 4 is 21.6 Å². The Bertz CT molecular complexity index is 393. The molecule has 0 aliphatic heterocycles. The molecule has 0 heterocycles. The Morgan fingerprint density at radius 1 is 1.25 bits per heavy atom. The van der Waals surface area contributed by atoms with Crippen LogP contribution in [0.1, 0.15) is 5.56 Å². The van der Waals surface area contributed by atoms with E-state index in [9.17, 15) is 22.0 Å². The molecular weight excluding hydrogens is 301 g/mol. The SMILES string of the molecule is Nc1c(Br)ccc(OC(F)F)c1C(F)(F)F. The number of ether oxygens (including phenoxy) is 1. The minimum absolute atomic E-state index is 0.0403. The van der Waals surface area contributed by atoms with Gasteiger partial charge in [-0.15, -0.1) is 0 Å². The van der Waals surface area contributed by atoms with Crippen molar-refractivity contribution in [3.63, 3.8) is 0 Å². The maximum atomic E-state index is 12.5. The fourth-order valence-corrected chi connectivity index (χ4v) is 1.39. The lowest BCUT2D eigenvalue weighted by molar-refractivity contribution is -0.141. The summed E-state index contributed by atoms with van der Waals surface area (Å²) >= 11 is 2.77. The van der Waals surface area contributed by atoms with E-state index in [-0.39, 0.29) is 4.47 Å². The zero-order valence-corrected chi connectivity index (χ0v) is 9.07. The molecule has 0 bridgehead atoms. The zero-order valence-electron chi connectivity index (χ0n) is 7.49. The summed E-state index contributed by atoms with van der Waals surface area (Å²) in [5.41, 5.74) is 3.05. The second kappa shape index (κ2) is 4.44. The lowest BCUT2D eigenvalue weighted by atomic mass is 10.1. The molecule has 1 aromatic rings. The van der Waals surface area contributed by atoms with Gasteiger partial charge in [-0.1, -0.05) is 0 Å². The number of hydrogen-bond acceptors (Lipinski definition) is 2. The molecule has 0 aliphatic rings. The Kier molecular flexibility index (Phi) is 3.61.